The molecule has 0 radical (unpaired) electrons. The van der Waals surface area contributed by atoms with Crippen LogP contribution < -0.4 is 19.6 Å². The van der Waals surface area contributed by atoms with Crippen molar-refractivity contribution in [3.63, 3.8) is 0 Å². The number of benzene rings is 2. The van der Waals surface area contributed by atoms with E-state index in [0.29, 0.717) is 18.1 Å². The highest BCUT2D eigenvalue weighted by Crippen LogP contribution is 2.37. The van der Waals surface area contributed by atoms with E-state index >= 15 is 0 Å². The number of rotatable bonds is 5. The lowest BCUT2D eigenvalue weighted by Gasteiger charge is -2.08. The van der Waals surface area contributed by atoms with Gasteiger partial charge in [0.25, 0.3) is 0 Å². The van der Waals surface area contributed by atoms with Gasteiger partial charge in [0, 0.05) is 11.6 Å². The first-order chi connectivity index (χ1) is 10.4. The van der Waals surface area contributed by atoms with E-state index in [1.54, 1.807) is 6.21 Å². The van der Waals surface area contributed by atoms with E-state index in [2.05, 4.69) is 10.5 Å². The molecule has 5 heteroatoms. The molecule has 1 aliphatic rings. The first kappa shape index (κ1) is 13.3. The smallest absolute Gasteiger partial charge is 0.231 e. The average molecular weight is 284 g/mol. The van der Waals surface area contributed by atoms with E-state index in [4.69, 9.17) is 14.2 Å². The second kappa shape index (κ2) is 6.17. The Hall–Kier alpha value is -2.69. The molecule has 3 rings (SSSR count). The van der Waals surface area contributed by atoms with Gasteiger partial charge in [0.05, 0.1) is 18.5 Å². The van der Waals surface area contributed by atoms with Gasteiger partial charge < -0.3 is 14.2 Å². The summed E-state index contributed by atoms with van der Waals surface area (Å²) in [5.41, 5.74) is 4.73. The molecule has 5 nitrogen and oxygen atoms in total. The summed E-state index contributed by atoms with van der Waals surface area (Å²) in [6, 6.07) is 13.4. The number of nitrogens with zero attached hydrogens (tertiary/aromatic N) is 1. The lowest BCUT2D eigenvalue weighted by Crippen LogP contribution is -1.97. The van der Waals surface area contributed by atoms with Crippen LogP contribution in [-0.4, -0.2) is 19.6 Å². The highest BCUT2D eigenvalue weighted by Gasteiger charge is 2.17. The summed E-state index contributed by atoms with van der Waals surface area (Å²) in [6.45, 7) is 2.75. The Balaban J connectivity index is 1.80. The molecule has 0 atom stereocenters. The quantitative estimate of drug-likeness (QED) is 0.676. The Kier molecular flexibility index (Phi) is 3.91. The van der Waals surface area contributed by atoms with Crippen LogP contribution in [0.1, 0.15) is 12.5 Å². The van der Waals surface area contributed by atoms with Gasteiger partial charge >= 0.3 is 0 Å². The molecule has 0 aliphatic carbocycles. The molecule has 0 amide bonds. The van der Waals surface area contributed by atoms with Crippen LogP contribution in [0.3, 0.4) is 0 Å². The zero-order valence-corrected chi connectivity index (χ0v) is 11.7. The zero-order valence-electron chi connectivity index (χ0n) is 11.7. The molecule has 1 N–H and O–H groups in total. The van der Waals surface area contributed by atoms with Gasteiger partial charge in [-0.2, -0.15) is 5.10 Å². The maximum Gasteiger partial charge on any atom is 0.231 e. The summed E-state index contributed by atoms with van der Waals surface area (Å²) in [5, 5.41) is 4.23. The van der Waals surface area contributed by atoms with Crippen LogP contribution in [0.25, 0.3) is 0 Å². The molecule has 2 aromatic carbocycles. The fourth-order valence-corrected chi connectivity index (χ4v) is 2.01. The monoisotopic (exact) mass is 284 g/mol. The van der Waals surface area contributed by atoms with Gasteiger partial charge in [-0.05, 0) is 25.1 Å². The van der Waals surface area contributed by atoms with Crippen LogP contribution in [0.2, 0.25) is 0 Å². The van der Waals surface area contributed by atoms with Crippen LogP contribution in [0.4, 0.5) is 5.69 Å². The molecule has 21 heavy (non-hydrogen) atoms. The Morgan fingerprint density at radius 3 is 2.71 bits per heavy atom. The molecule has 0 fully saturated rings. The summed E-state index contributed by atoms with van der Waals surface area (Å²) in [6.07, 6.45) is 1.71. The van der Waals surface area contributed by atoms with Crippen molar-refractivity contribution in [3.05, 3.63) is 48.0 Å². The summed E-state index contributed by atoms with van der Waals surface area (Å²) in [4.78, 5) is 0. The number of fused-ring (bicyclic) bond motifs is 1. The van der Waals surface area contributed by atoms with Crippen molar-refractivity contribution >= 4 is 11.9 Å². The van der Waals surface area contributed by atoms with E-state index in [-0.39, 0.29) is 6.79 Å². The summed E-state index contributed by atoms with van der Waals surface area (Å²) < 4.78 is 16.3. The number of hydrogen-bond donors (Lipinski definition) is 1. The van der Waals surface area contributed by atoms with E-state index in [1.807, 2.05) is 49.4 Å². The summed E-state index contributed by atoms with van der Waals surface area (Å²) >= 11 is 0. The van der Waals surface area contributed by atoms with E-state index in [0.717, 1.165) is 17.0 Å². The second-order valence-corrected chi connectivity index (χ2v) is 4.41. The fraction of sp³-hybridized carbons (Fsp3) is 0.188. The van der Waals surface area contributed by atoms with E-state index in [1.165, 1.54) is 0 Å². The van der Waals surface area contributed by atoms with Crippen LogP contribution in [0.5, 0.6) is 17.2 Å². The van der Waals surface area contributed by atoms with Gasteiger partial charge in [-0.25, -0.2) is 0 Å². The van der Waals surface area contributed by atoms with Crippen molar-refractivity contribution in [3.8, 4) is 17.2 Å². The van der Waals surface area contributed by atoms with Crippen molar-refractivity contribution in [2.24, 2.45) is 5.10 Å². The molecule has 0 saturated carbocycles. The molecular weight excluding hydrogens is 268 g/mol. The topological polar surface area (TPSA) is 52.1 Å². The Morgan fingerprint density at radius 2 is 1.95 bits per heavy atom. The SMILES string of the molecule is CCOc1cc2c(cc1/C=N/Nc1ccccc1)OCO2. The minimum atomic E-state index is 0.240. The molecule has 108 valence electrons. The van der Waals surface area contributed by atoms with Crippen LogP contribution in [-0.2, 0) is 0 Å². The number of nitrogens with one attached hydrogen (secondary N) is 1. The summed E-state index contributed by atoms with van der Waals surface area (Å²) in [7, 11) is 0. The van der Waals surface area contributed by atoms with Gasteiger partial charge in [0.15, 0.2) is 11.5 Å². The van der Waals surface area contributed by atoms with E-state index in [9.17, 15) is 0 Å². The summed E-state index contributed by atoms with van der Waals surface area (Å²) in [5.74, 6) is 2.13. The van der Waals surface area contributed by atoms with Crippen molar-refractivity contribution in [2.45, 2.75) is 6.92 Å². The molecule has 0 aromatic heterocycles. The van der Waals surface area contributed by atoms with Gasteiger partial charge in [0.2, 0.25) is 6.79 Å². The largest absolute Gasteiger partial charge is 0.493 e. The lowest BCUT2D eigenvalue weighted by atomic mass is 10.2. The van der Waals surface area contributed by atoms with Gasteiger partial charge in [-0.1, -0.05) is 18.2 Å². The number of anilines is 1. The fourth-order valence-electron chi connectivity index (χ4n) is 2.01. The van der Waals surface area contributed by atoms with Crippen molar-refractivity contribution in [2.75, 3.05) is 18.8 Å². The second-order valence-electron chi connectivity index (χ2n) is 4.41. The molecule has 0 saturated heterocycles. The van der Waals surface area contributed by atoms with Gasteiger partial charge in [-0.15, -0.1) is 0 Å². The highest BCUT2D eigenvalue weighted by molar-refractivity contribution is 5.85. The third-order valence-electron chi connectivity index (χ3n) is 2.98. The third-order valence-corrected chi connectivity index (χ3v) is 2.98. The zero-order chi connectivity index (χ0) is 14.5. The minimum Gasteiger partial charge on any atom is -0.493 e. The molecule has 1 aliphatic heterocycles. The molecule has 0 bridgehead atoms. The first-order valence-corrected chi connectivity index (χ1v) is 6.77. The highest BCUT2D eigenvalue weighted by atomic mass is 16.7. The predicted octanol–water partition coefficient (Wildman–Crippen LogP) is 3.26. The number of ether oxygens (including phenoxy) is 3. The Bertz CT molecular complexity index is 641. The number of hydrogen-bond acceptors (Lipinski definition) is 5. The molecular formula is C16H16N2O3. The normalized spacial score (nSPS) is 12.6. The molecule has 0 spiro atoms. The van der Waals surface area contributed by atoms with Crippen molar-refractivity contribution in [1.82, 2.24) is 0 Å². The standard InChI is InChI=1S/C16H16N2O3/c1-2-19-14-9-16-15(20-11-21-16)8-12(14)10-17-18-13-6-4-3-5-7-13/h3-10,18H,2,11H2,1H3/b17-10+. The van der Waals surface area contributed by atoms with Crippen LogP contribution in [0, 0.1) is 0 Å². The molecule has 0 unspecified atom stereocenters. The van der Waals surface area contributed by atoms with Crippen molar-refractivity contribution < 1.29 is 14.2 Å². The lowest BCUT2D eigenvalue weighted by molar-refractivity contribution is 0.174. The minimum absolute atomic E-state index is 0.240. The van der Waals surface area contributed by atoms with Gasteiger partial charge in [0.1, 0.15) is 5.75 Å². The van der Waals surface area contributed by atoms with E-state index < -0.39 is 0 Å². The molecule has 2 aromatic rings. The average Bonchev–Trinajstić information content (AvgIpc) is 2.96. The molecule has 1 heterocycles. The van der Waals surface area contributed by atoms with Crippen LogP contribution >= 0.6 is 0 Å². The predicted molar refractivity (Wildman–Crippen MR) is 81.4 cm³/mol. The Labute approximate surface area is 123 Å². The van der Waals surface area contributed by atoms with Gasteiger partial charge in [-0.3, -0.25) is 5.43 Å². The number of para-hydroxylation sites is 1. The maximum absolute atomic E-state index is 5.61. The Morgan fingerprint density at radius 1 is 1.19 bits per heavy atom. The number of hydrazone groups is 1. The van der Waals surface area contributed by atoms with Crippen LogP contribution in [0.15, 0.2) is 47.6 Å². The maximum atomic E-state index is 5.61. The first-order valence-electron chi connectivity index (χ1n) is 6.77. The van der Waals surface area contributed by atoms with Crippen molar-refractivity contribution in [1.29, 1.82) is 0 Å². The third kappa shape index (κ3) is 3.08.